The predicted molar refractivity (Wildman–Crippen MR) is 49.9 cm³/mol. The number of hydrogen-bond donors (Lipinski definition) is 1. The van der Waals surface area contributed by atoms with Crippen LogP contribution in [0, 0.1) is 0 Å². The van der Waals surface area contributed by atoms with Gasteiger partial charge in [0.05, 0.1) is 5.75 Å². The zero-order chi connectivity index (χ0) is 9.03. The van der Waals surface area contributed by atoms with Crippen molar-refractivity contribution in [1.82, 2.24) is 5.32 Å². The summed E-state index contributed by atoms with van der Waals surface area (Å²) in [5.41, 5.74) is 1.07. The Kier molecular flexibility index (Phi) is 3.29. The fourth-order valence-electron chi connectivity index (χ4n) is 1.19. The van der Waals surface area contributed by atoms with Gasteiger partial charge in [0.15, 0.2) is 9.84 Å². The van der Waals surface area contributed by atoms with E-state index < -0.39 is 9.84 Å². The maximum Gasteiger partial charge on any atom is 0.153 e. The summed E-state index contributed by atoms with van der Waals surface area (Å²) in [6, 6.07) is 0. The maximum atomic E-state index is 11.2. The topological polar surface area (TPSA) is 46.2 Å². The average molecular weight is 189 g/mol. The van der Waals surface area contributed by atoms with Gasteiger partial charge in [-0.25, -0.2) is 8.42 Å². The Morgan fingerprint density at radius 3 is 2.83 bits per heavy atom. The smallest absolute Gasteiger partial charge is 0.153 e. The Hall–Kier alpha value is -0.350. The highest BCUT2D eigenvalue weighted by atomic mass is 32.2. The summed E-state index contributed by atoms with van der Waals surface area (Å²) < 4.78 is 22.4. The van der Waals surface area contributed by atoms with Crippen LogP contribution >= 0.6 is 0 Å². The van der Waals surface area contributed by atoms with E-state index in [9.17, 15) is 8.42 Å². The highest BCUT2D eigenvalue weighted by Gasteiger charge is 2.12. The third-order valence-corrected chi connectivity index (χ3v) is 3.69. The summed E-state index contributed by atoms with van der Waals surface area (Å²) >= 11 is 0. The van der Waals surface area contributed by atoms with Gasteiger partial charge >= 0.3 is 0 Å². The lowest BCUT2D eigenvalue weighted by Crippen LogP contribution is -2.23. The van der Waals surface area contributed by atoms with Gasteiger partial charge in [-0.3, -0.25) is 0 Å². The second-order valence-corrected chi connectivity index (χ2v) is 5.35. The van der Waals surface area contributed by atoms with Gasteiger partial charge in [-0.1, -0.05) is 18.6 Å². The van der Waals surface area contributed by atoms with Crippen LogP contribution in [0.2, 0.25) is 0 Å². The van der Waals surface area contributed by atoms with Crippen LogP contribution in [-0.4, -0.2) is 33.0 Å². The van der Waals surface area contributed by atoms with Gasteiger partial charge in [0.25, 0.3) is 0 Å². The standard InChI is InChI=1S/C8H15NO2S/c1-2-12(10,11)7-8-3-5-9-6-4-8/h3,9H,2,4-7H2,1H3. The van der Waals surface area contributed by atoms with E-state index in [1.807, 2.05) is 6.08 Å². The van der Waals surface area contributed by atoms with E-state index in [2.05, 4.69) is 5.32 Å². The molecule has 0 saturated heterocycles. The van der Waals surface area contributed by atoms with Crippen molar-refractivity contribution in [3.63, 3.8) is 0 Å². The van der Waals surface area contributed by atoms with Crippen molar-refractivity contribution in [3.05, 3.63) is 11.6 Å². The maximum absolute atomic E-state index is 11.2. The van der Waals surface area contributed by atoms with Gasteiger partial charge < -0.3 is 5.32 Å². The van der Waals surface area contributed by atoms with Crippen molar-refractivity contribution in [1.29, 1.82) is 0 Å². The molecule has 1 N–H and O–H groups in total. The van der Waals surface area contributed by atoms with Gasteiger partial charge in [-0.2, -0.15) is 0 Å². The number of nitrogens with one attached hydrogen (secondary N) is 1. The molecule has 0 saturated carbocycles. The van der Waals surface area contributed by atoms with Crippen molar-refractivity contribution in [2.45, 2.75) is 13.3 Å². The molecule has 3 nitrogen and oxygen atoms in total. The molecular formula is C8H15NO2S. The molecule has 0 bridgehead atoms. The molecule has 0 radical (unpaired) electrons. The zero-order valence-corrected chi connectivity index (χ0v) is 8.15. The van der Waals surface area contributed by atoms with Crippen LogP contribution in [-0.2, 0) is 9.84 Å². The van der Waals surface area contributed by atoms with Crippen molar-refractivity contribution >= 4 is 9.84 Å². The molecule has 1 aliphatic heterocycles. The summed E-state index contributed by atoms with van der Waals surface area (Å²) in [4.78, 5) is 0. The van der Waals surface area contributed by atoms with Gasteiger partial charge in [-0.15, -0.1) is 0 Å². The van der Waals surface area contributed by atoms with Crippen molar-refractivity contribution in [3.8, 4) is 0 Å². The van der Waals surface area contributed by atoms with E-state index in [0.717, 1.165) is 25.1 Å². The number of rotatable bonds is 3. The minimum atomic E-state index is -2.82. The molecule has 0 aliphatic carbocycles. The Labute approximate surface area is 73.8 Å². The summed E-state index contributed by atoms with van der Waals surface area (Å²) in [5.74, 6) is 0.503. The minimum absolute atomic E-state index is 0.248. The second-order valence-electron chi connectivity index (χ2n) is 2.99. The highest BCUT2D eigenvalue weighted by Crippen LogP contribution is 2.07. The lowest BCUT2D eigenvalue weighted by Gasteiger charge is -2.13. The molecule has 0 aromatic heterocycles. The molecule has 0 spiro atoms. The lowest BCUT2D eigenvalue weighted by molar-refractivity contribution is 0.597. The summed E-state index contributed by atoms with van der Waals surface area (Å²) in [6.45, 7) is 3.41. The van der Waals surface area contributed by atoms with E-state index in [0.29, 0.717) is 0 Å². The fourth-order valence-corrected chi connectivity index (χ4v) is 2.22. The summed E-state index contributed by atoms with van der Waals surface area (Å²) in [7, 11) is -2.82. The van der Waals surface area contributed by atoms with E-state index in [1.165, 1.54) is 0 Å². The first-order chi connectivity index (χ1) is 5.64. The van der Waals surface area contributed by atoms with Crippen LogP contribution in [0.5, 0.6) is 0 Å². The fraction of sp³-hybridized carbons (Fsp3) is 0.750. The van der Waals surface area contributed by atoms with Crippen LogP contribution in [0.15, 0.2) is 11.6 Å². The van der Waals surface area contributed by atoms with Gasteiger partial charge in [0.2, 0.25) is 0 Å². The van der Waals surface area contributed by atoms with Crippen molar-refractivity contribution in [2.75, 3.05) is 24.6 Å². The first kappa shape index (κ1) is 9.74. The average Bonchev–Trinajstić information content (AvgIpc) is 2.06. The molecule has 0 aromatic rings. The monoisotopic (exact) mass is 189 g/mol. The summed E-state index contributed by atoms with van der Waals surface area (Å²) in [5, 5.41) is 3.15. The molecule has 1 rings (SSSR count). The molecule has 0 amide bonds. The molecule has 1 heterocycles. The third kappa shape index (κ3) is 2.95. The van der Waals surface area contributed by atoms with Crippen molar-refractivity contribution in [2.24, 2.45) is 0 Å². The van der Waals surface area contributed by atoms with Crippen molar-refractivity contribution < 1.29 is 8.42 Å². The van der Waals surface area contributed by atoms with Crippen LogP contribution in [0.3, 0.4) is 0 Å². The van der Waals surface area contributed by atoms with Crippen LogP contribution in [0.25, 0.3) is 0 Å². The minimum Gasteiger partial charge on any atom is -0.313 e. The Balaban J connectivity index is 2.56. The molecule has 0 aromatic carbocycles. The van der Waals surface area contributed by atoms with Crippen LogP contribution in [0.4, 0.5) is 0 Å². The van der Waals surface area contributed by atoms with E-state index in [1.54, 1.807) is 6.92 Å². The van der Waals surface area contributed by atoms with Crippen LogP contribution in [0.1, 0.15) is 13.3 Å². The Morgan fingerprint density at radius 2 is 2.33 bits per heavy atom. The molecule has 12 heavy (non-hydrogen) atoms. The molecule has 0 unspecified atom stereocenters. The quantitative estimate of drug-likeness (QED) is 0.651. The lowest BCUT2D eigenvalue weighted by atomic mass is 10.1. The van der Waals surface area contributed by atoms with Gasteiger partial charge in [0, 0.05) is 12.3 Å². The van der Waals surface area contributed by atoms with E-state index in [-0.39, 0.29) is 11.5 Å². The predicted octanol–water partition coefficient (Wildman–Crippen LogP) is 0.341. The van der Waals surface area contributed by atoms with Crippen LogP contribution < -0.4 is 5.32 Å². The second kappa shape index (κ2) is 4.05. The number of hydrogen-bond acceptors (Lipinski definition) is 3. The summed E-state index contributed by atoms with van der Waals surface area (Å²) in [6.07, 6.45) is 2.86. The normalized spacial score (nSPS) is 18.9. The zero-order valence-electron chi connectivity index (χ0n) is 7.34. The van der Waals surface area contributed by atoms with Gasteiger partial charge in [0.1, 0.15) is 0 Å². The largest absolute Gasteiger partial charge is 0.313 e. The first-order valence-corrected chi connectivity index (χ1v) is 6.05. The van der Waals surface area contributed by atoms with Gasteiger partial charge in [-0.05, 0) is 13.0 Å². The van der Waals surface area contributed by atoms with E-state index in [4.69, 9.17) is 0 Å². The molecule has 4 heteroatoms. The molecule has 70 valence electrons. The Bertz CT molecular complexity index is 267. The molecule has 1 aliphatic rings. The molecule has 0 fully saturated rings. The first-order valence-electron chi connectivity index (χ1n) is 4.23. The molecule has 0 atom stereocenters. The SMILES string of the molecule is CCS(=O)(=O)CC1=CCNCC1. The number of sulfone groups is 1. The van der Waals surface area contributed by atoms with E-state index >= 15 is 0 Å². The highest BCUT2D eigenvalue weighted by molar-refractivity contribution is 7.91. The third-order valence-electron chi connectivity index (χ3n) is 2.00. The Morgan fingerprint density at radius 1 is 1.58 bits per heavy atom. The molecular weight excluding hydrogens is 174 g/mol.